The molecule has 0 aliphatic carbocycles. The van der Waals surface area contributed by atoms with Gasteiger partial charge in [-0.05, 0) is 11.6 Å². The van der Waals surface area contributed by atoms with Gasteiger partial charge < -0.3 is 10.1 Å². The molecule has 1 amide bonds. The molecule has 1 aromatic carbocycles. The van der Waals surface area contributed by atoms with Gasteiger partial charge in [0.2, 0.25) is 5.91 Å². The summed E-state index contributed by atoms with van der Waals surface area (Å²) < 4.78 is 4.77. The van der Waals surface area contributed by atoms with Gasteiger partial charge >= 0.3 is 5.97 Å². The maximum atomic E-state index is 11.6. The molecule has 0 aliphatic rings. The lowest BCUT2D eigenvalue weighted by Gasteiger charge is -2.09. The molecule has 7 nitrogen and oxygen atoms in total. The van der Waals surface area contributed by atoms with Crippen LogP contribution in [0.2, 0.25) is 0 Å². The predicted octanol–water partition coefficient (Wildman–Crippen LogP) is 2.25. The minimum absolute atomic E-state index is 0.0470. The number of esters is 1. The van der Waals surface area contributed by atoms with Crippen LogP contribution in [-0.2, 0) is 20.9 Å². The van der Waals surface area contributed by atoms with Gasteiger partial charge in [-0.1, -0.05) is 19.9 Å². The summed E-state index contributed by atoms with van der Waals surface area (Å²) in [6.45, 7) is 4.59. The molecule has 1 rings (SSSR count). The lowest BCUT2D eigenvalue weighted by molar-refractivity contribution is -0.384. The molecule has 0 aromatic heterocycles. The Bertz CT molecular complexity index is 540. The molecular weight excluding hydrogens is 264 g/mol. The van der Waals surface area contributed by atoms with Crippen molar-refractivity contribution >= 4 is 23.3 Å². The minimum atomic E-state index is -0.590. The summed E-state index contributed by atoms with van der Waals surface area (Å²) >= 11 is 0. The van der Waals surface area contributed by atoms with Crippen molar-refractivity contribution in [3.8, 4) is 0 Å². The van der Waals surface area contributed by atoms with Gasteiger partial charge in [-0.15, -0.1) is 0 Å². The summed E-state index contributed by atoms with van der Waals surface area (Å²) in [5, 5.41) is 13.5. The summed E-state index contributed by atoms with van der Waals surface area (Å²) in [6, 6.07) is 4.27. The van der Waals surface area contributed by atoms with E-state index in [4.69, 9.17) is 4.74 Å². The number of nitrogens with one attached hydrogen (secondary N) is 1. The van der Waals surface area contributed by atoms with Crippen LogP contribution in [0.4, 0.5) is 11.4 Å². The molecule has 108 valence electrons. The highest BCUT2D eigenvalue weighted by atomic mass is 16.6. The van der Waals surface area contributed by atoms with E-state index < -0.39 is 10.9 Å². The molecule has 1 aromatic rings. The molecule has 0 heterocycles. The molecule has 0 bridgehead atoms. The van der Waals surface area contributed by atoms with Gasteiger partial charge in [-0.3, -0.25) is 19.7 Å². The first-order chi connectivity index (χ1) is 9.31. The third-order valence-corrected chi connectivity index (χ3v) is 2.48. The van der Waals surface area contributed by atoms with E-state index in [1.165, 1.54) is 19.1 Å². The van der Waals surface area contributed by atoms with Gasteiger partial charge in [0.1, 0.15) is 12.3 Å². The van der Waals surface area contributed by atoms with Crippen molar-refractivity contribution in [1.29, 1.82) is 0 Å². The monoisotopic (exact) mass is 280 g/mol. The zero-order valence-corrected chi connectivity index (χ0v) is 11.5. The number of nitro benzene ring substituents is 1. The number of nitrogens with zero attached hydrogens (tertiary/aromatic N) is 1. The second kappa shape index (κ2) is 6.65. The van der Waals surface area contributed by atoms with Crippen molar-refractivity contribution in [3.63, 3.8) is 0 Å². The van der Waals surface area contributed by atoms with E-state index in [0.717, 1.165) is 0 Å². The van der Waals surface area contributed by atoms with Crippen LogP contribution < -0.4 is 5.32 Å². The maximum absolute atomic E-state index is 11.6. The number of carbonyl (C=O) groups excluding carboxylic acids is 2. The van der Waals surface area contributed by atoms with E-state index >= 15 is 0 Å². The Kier molecular flexibility index (Phi) is 5.19. The highest BCUT2D eigenvalue weighted by Crippen LogP contribution is 2.26. The maximum Gasteiger partial charge on any atom is 0.302 e. The normalized spacial score (nSPS) is 10.2. The fraction of sp³-hybridized carbons (Fsp3) is 0.385. The molecule has 0 radical (unpaired) electrons. The lowest BCUT2D eigenvalue weighted by atomic mass is 10.1. The van der Waals surface area contributed by atoms with Gasteiger partial charge in [-0.2, -0.15) is 0 Å². The summed E-state index contributed by atoms with van der Waals surface area (Å²) in [4.78, 5) is 32.7. The number of amides is 1. The number of rotatable bonds is 5. The third kappa shape index (κ3) is 4.34. The zero-order chi connectivity index (χ0) is 15.3. The van der Waals surface area contributed by atoms with E-state index in [2.05, 4.69) is 5.32 Å². The van der Waals surface area contributed by atoms with Crippen LogP contribution >= 0.6 is 0 Å². The van der Waals surface area contributed by atoms with Crippen LogP contribution in [0, 0.1) is 16.0 Å². The molecule has 0 aliphatic heterocycles. The van der Waals surface area contributed by atoms with Crippen LogP contribution in [0.25, 0.3) is 0 Å². The average Bonchev–Trinajstić information content (AvgIpc) is 2.36. The number of anilines is 1. The largest absolute Gasteiger partial charge is 0.461 e. The quantitative estimate of drug-likeness (QED) is 0.506. The van der Waals surface area contributed by atoms with Crippen LogP contribution in [0.3, 0.4) is 0 Å². The van der Waals surface area contributed by atoms with E-state index in [1.807, 2.05) is 0 Å². The van der Waals surface area contributed by atoms with Crippen molar-refractivity contribution in [1.82, 2.24) is 0 Å². The van der Waals surface area contributed by atoms with Gasteiger partial charge in [0.05, 0.1) is 4.92 Å². The number of nitro groups is 1. The highest BCUT2D eigenvalue weighted by Gasteiger charge is 2.18. The molecule has 7 heteroatoms. The number of carbonyl (C=O) groups is 2. The fourth-order valence-corrected chi connectivity index (χ4v) is 1.39. The van der Waals surface area contributed by atoms with Crippen molar-refractivity contribution in [2.75, 3.05) is 5.32 Å². The molecule has 1 N–H and O–H groups in total. The standard InChI is InChI=1S/C13H16N2O5/c1-8(2)13(17)14-11-5-4-10(7-20-9(3)16)6-12(11)15(18)19/h4-6,8H,7H2,1-3H3,(H,14,17). The highest BCUT2D eigenvalue weighted by molar-refractivity contribution is 5.94. The molecule has 0 saturated carbocycles. The Morgan fingerprint density at radius 1 is 1.40 bits per heavy atom. The predicted molar refractivity (Wildman–Crippen MR) is 72.0 cm³/mol. The number of ether oxygens (including phenoxy) is 1. The van der Waals surface area contributed by atoms with Crippen LogP contribution in [0.5, 0.6) is 0 Å². The van der Waals surface area contributed by atoms with Crippen molar-refractivity contribution in [3.05, 3.63) is 33.9 Å². The average molecular weight is 280 g/mol. The number of hydrogen-bond donors (Lipinski definition) is 1. The topological polar surface area (TPSA) is 98.5 Å². The van der Waals surface area contributed by atoms with Gasteiger partial charge in [0, 0.05) is 18.9 Å². The minimum Gasteiger partial charge on any atom is -0.461 e. The molecular formula is C13H16N2O5. The Morgan fingerprint density at radius 2 is 2.05 bits per heavy atom. The van der Waals surface area contributed by atoms with Crippen LogP contribution in [0.1, 0.15) is 26.3 Å². The zero-order valence-electron chi connectivity index (χ0n) is 11.5. The first kappa shape index (κ1) is 15.6. The molecule has 0 unspecified atom stereocenters. The summed E-state index contributed by atoms with van der Waals surface area (Å²) in [5.74, 6) is -1.05. The SMILES string of the molecule is CC(=O)OCc1ccc(NC(=O)C(C)C)c([N+](=O)[O-])c1. The summed E-state index contributed by atoms with van der Waals surface area (Å²) in [7, 11) is 0. The second-order valence-corrected chi connectivity index (χ2v) is 4.53. The first-order valence-electron chi connectivity index (χ1n) is 6.02. The molecule has 20 heavy (non-hydrogen) atoms. The van der Waals surface area contributed by atoms with Crippen LogP contribution in [-0.4, -0.2) is 16.8 Å². The van der Waals surface area contributed by atoms with Crippen molar-refractivity contribution in [2.24, 2.45) is 5.92 Å². The molecule has 0 saturated heterocycles. The summed E-state index contributed by atoms with van der Waals surface area (Å²) in [6.07, 6.45) is 0. The van der Waals surface area contributed by atoms with Gasteiger partial charge in [0.15, 0.2) is 0 Å². The molecule has 0 atom stereocenters. The number of benzene rings is 1. The number of hydrogen-bond acceptors (Lipinski definition) is 5. The van der Waals surface area contributed by atoms with E-state index in [1.54, 1.807) is 19.9 Å². The summed E-state index contributed by atoms with van der Waals surface area (Å²) in [5.41, 5.74) is 0.373. The third-order valence-electron chi connectivity index (χ3n) is 2.48. The molecule has 0 fully saturated rings. The van der Waals surface area contributed by atoms with E-state index in [0.29, 0.717) is 5.56 Å². The Balaban J connectivity index is 2.99. The van der Waals surface area contributed by atoms with E-state index in [9.17, 15) is 19.7 Å². The first-order valence-corrected chi connectivity index (χ1v) is 6.02. The van der Waals surface area contributed by atoms with E-state index in [-0.39, 0.29) is 29.8 Å². The van der Waals surface area contributed by atoms with Crippen molar-refractivity contribution < 1.29 is 19.2 Å². The Morgan fingerprint density at radius 3 is 2.55 bits per heavy atom. The Hall–Kier alpha value is -2.44. The van der Waals surface area contributed by atoms with Crippen LogP contribution in [0.15, 0.2) is 18.2 Å². The fourth-order valence-electron chi connectivity index (χ4n) is 1.39. The second-order valence-electron chi connectivity index (χ2n) is 4.53. The molecule has 0 spiro atoms. The Labute approximate surface area is 116 Å². The van der Waals surface area contributed by atoms with Gasteiger partial charge in [-0.25, -0.2) is 0 Å². The van der Waals surface area contributed by atoms with Crippen molar-refractivity contribution in [2.45, 2.75) is 27.4 Å². The lowest BCUT2D eigenvalue weighted by Crippen LogP contribution is -2.18. The smallest absolute Gasteiger partial charge is 0.302 e. The van der Waals surface area contributed by atoms with Gasteiger partial charge in [0.25, 0.3) is 5.69 Å².